The van der Waals surface area contributed by atoms with E-state index in [2.05, 4.69) is 5.32 Å². The quantitative estimate of drug-likeness (QED) is 0.0581. The largest absolute Gasteiger partial charge is 0.400 e. The van der Waals surface area contributed by atoms with Crippen molar-refractivity contribution in [2.45, 2.75) is 6.92 Å². The Labute approximate surface area is 222 Å². The summed E-state index contributed by atoms with van der Waals surface area (Å²) >= 11 is 0. The van der Waals surface area contributed by atoms with Crippen LogP contribution in [0.5, 0.6) is 0 Å². The van der Waals surface area contributed by atoms with E-state index in [-0.39, 0.29) is 0 Å². The predicted molar refractivity (Wildman–Crippen MR) is 140 cm³/mol. The van der Waals surface area contributed by atoms with Crippen molar-refractivity contribution in [1.82, 2.24) is 10.3 Å². The van der Waals surface area contributed by atoms with Crippen LogP contribution in [0.3, 0.4) is 0 Å². The number of nitrogens with two attached hydrogens (primary N) is 2. The average Bonchev–Trinajstić information content (AvgIpc) is 2.88. The number of nitrogens with zero attached hydrogens (tertiary/aromatic N) is 1. The Bertz CT molecular complexity index is 480. The first-order valence-corrected chi connectivity index (χ1v) is 13.0. The van der Waals surface area contributed by atoms with Crippen LogP contribution in [-0.4, -0.2) is 144 Å². The van der Waals surface area contributed by atoms with Crippen LogP contribution in [0.1, 0.15) is 6.92 Å². The normalized spacial score (nSPS) is 11.9. The van der Waals surface area contributed by atoms with E-state index in [9.17, 15) is 0 Å². The summed E-state index contributed by atoms with van der Waals surface area (Å²) in [6, 6.07) is 0. The summed E-state index contributed by atoms with van der Waals surface area (Å²) < 4.78 is 48.6. The molecule has 0 amide bonds. The van der Waals surface area contributed by atoms with Gasteiger partial charge in [0.2, 0.25) is 0 Å². The molecule has 0 saturated heterocycles. The van der Waals surface area contributed by atoms with Crippen molar-refractivity contribution in [1.29, 1.82) is 0 Å². The maximum atomic E-state index is 5.80. The second-order valence-corrected chi connectivity index (χ2v) is 7.57. The van der Waals surface area contributed by atoms with Gasteiger partial charge in [-0.15, -0.1) is 0 Å². The molecule has 0 atom stereocenters. The molecule has 0 bridgehead atoms. The van der Waals surface area contributed by atoms with Crippen LogP contribution in [0.4, 0.5) is 0 Å². The number of likely N-dealkylation sites (N-methyl/N-ethyl adjacent to an activating group) is 1. The fraction of sp³-hybridized carbons (Fsp3) is 0.917. The molecular weight excluding hydrogens is 488 g/mol. The molecule has 222 valence electrons. The highest BCUT2D eigenvalue weighted by atomic mass is 16.6. The second kappa shape index (κ2) is 31.1. The summed E-state index contributed by atoms with van der Waals surface area (Å²) in [6.45, 7) is 12.8. The third-order valence-electron chi connectivity index (χ3n) is 4.39. The van der Waals surface area contributed by atoms with Crippen LogP contribution < -0.4 is 16.9 Å². The van der Waals surface area contributed by atoms with Crippen LogP contribution in [0.2, 0.25) is 0 Å². The molecule has 0 heterocycles. The van der Waals surface area contributed by atoms with E-state index in [1.807, 2.05) is 14.0 Å². The lowest BCUT2D eigenvalue weighted by Gasteiger charge is -2.15. The zero-order chi connectivity index (χ0) is 27.1. The summed E-state index contributed by atoms with van der Waals surface area (Å²) in [7, 11) is 1.82. The van der Waals surface area contributed by atoms with E-state index >= 15 is 0 Å². The molecule has 0 saturated carbocycles. The van der Waals surface area contributed by atoms with E-state index in [0.717, 1.165) is 0 Å². The van der Waals surface area contributed by atoms with Crippen molar-refractivity contribution in [2.24, 2.45) is 11.6 Å². The highest BCUT2D eigenvalue weighted by Crippen LogP contribution is 1.88. The summed E-state index contributed by atoms with van der Waals surface area (Å²) in [5.74, 6) is 5.80. The first-order valence-electron chi connectivity index (χ1n) is 13.0. The Morgan fingerprint density at radius 2 is 0.865 bits per heavy atom. The molecule has 5 N–H and O–H groups in total. The molecule has 0 unspecified atom stereocenters. The lowest BCUT2D eigenvalue weighted by molar-refractivity contribution is -0.0249. The molecule has 0 aromatic rings. The molecule has 0 radical (unpaired) electrons. The van der Waals surface area contributed by atoms with Gasteiger partial charge in [-0.2, -0.15) is 0 Å². The lowest BCUT2D eigenvalue weighted by Crippen LogP contribution is -2.31. The minimum absolute atomic E-state index is 0.495. The van der Waals surface area contributed by atoms with Crippen LogP contribution in [-0.2, 0) is 42.6 Å². The Kier molecular flexibility index (Phi) is 30.2. The zero-order valence-electron chi connectivity index (χ0n) is 23.0. The Morgan fingerprint density at radius 3 is 1.16 bits per heavy atom. The highest BCUT2D eigenvalue weighted by Gasteiger charge is 1.97. The smallest absolute Gasteiger partial charge is 0.0701 e. The number of nitrogens with one attached hydrogen (secondary N) is 1. The molecule has 0 aromatic carbocycles. The summed E-state index contributed by atoms with van der Waals surface area (Å²) in [6.07, 6.45) is 1.69. The van der Waals surface area contributed by atoms with Crippen LogP contribution in [0, 0.1) is 0 Å². The van der Waals surface area contributed by atoms with Gasteiger partial charge in [-0.1, -0.05) is 0 Å². The zero-order valence-corrected chi connectivity index (χ0v) is 23.0. The highest BCUT2D eigenvalue weighted by molar-refractivity contribution is 4.96. The maximum absolute atomic E-state index is 5.80. The molecule has 0 aliphatic rings. The van der Waals surface area contributed by atoms with Crippen molar-refractivity contribution in [3.63, 3.8) is 0 Å². The van der Waals surface area contributed by atoms with Gasteiger partial charge in [-0.3, -0.25) is 0 Å². The van der Waals surface area contributed by atoms with Crippen molar-refractivity contribution in [2.75, 3.05) is 139 Å². The van der Waals surface area contributed by atoms with Gasteiger partial charge in [0.15, 0.2) is 0 Å². The van der Waals surface area contributed by atoms with E-state index in [0.29, 0.717) is 138 Å². The Hall–Kier alpha value is -1.10. The first kappa shape index (κ1) is 35.9. The van der Waals surface area contributed by atoms with E-state index in [1.165, 1.54) is 5.01 Å². The fourth-order valence-corrected chi connectivity index (χ4v) is 2.60. The maximum Gasteiger partial charge on any atom is 0.0701 e. The van der Waals surface area contributed by atoms with Crippen molar-refractivity contribution in [3.05, 3.63) is 11.9 Å². The van der Waals surface area contributed by atoms with Gasteiger partial charge in [0, 0.05) is 25.0 Å². The van der Waals surface area contributed by atoms with Gasteiger partial charge in [0.25, 0.3) is 0 Å². The molecule has 0 rings (SSSR count). The van der Waals surface area contributed by atoms with Crippen molar-refractivity contribution >= 4 is 0 Å². The van der Waals surface area contributed by atoms with Crippen LogP contribution in [0.25, 0.3) is 0 Å². The van der Waals surface area contributed by atoms with E-state index in [1.54, 1.807) is 6.20 Å². The van der Waals surface area contributed by atoms with E-state index in [4.69, 9.17) is 54.2 Å². The van der Waals surface area contributed by atoms with Gasteiger partial charge in [0.05, 0.1) is 119 Å². The van der Waals surface area contributed by atoms with Crippen molar-refractivity contribution < 1.29 is 42.6 Å². The number of rotatable bonds is 31. The minimum Gasteiger partial charge on any atom is -0.400 e. The molecule has 0 aliphatic carbocycles. The fourth-order valence-electron chi connectivity index (χ4n) is 2.60. The molecule has 0 aromatic heterocycles. The molecule has 13 heteroatoms. The van der Waals surface area contributed by atoms with Gasteiger partial charge in [-0.25, -0.2) is 5.84 Å². The SMILES string of the molecule is CCOCCOCCOCCOCCOCCOCCOCCOCCOCCN(N)/C=C(\N)CNC. The molecule has 0 aliphatic heterocycles. The number of hydrogen-bond acceptors (Lipinski definition) is 13. The number of hydrogen-bond donors (Lipinski definition) is 3. The van der Waals surface area contributed by atoms with Crippen LogP contribution in [0.15, 0.2) is 11.9 Å². The number of hydrazine groups is 1. The molecule has 0 fully saturated rings. The van der Waals surface area contributed by atoms with Crippen LogP contribution >= 0.6 is 0 Å². The second-order valence-electron chi connectivity index (χ2n) is 7.57. The first-order chi connectivity index (χ1) is 18.2. The number of ether oxygens (including phenoxy) is 9. The predicted octanol–water partition coefficient (Wildman–Crippen LogP) is -0.649. The van der Waals surface area contributed by atoms with Gasteiger partial charge < -0.3 is 58.7 Å². The molecular formula is C24H52N4O9. The van der Waals surface area contributed by atoms with E-state index < -0.39 is 0 Å². The Balaban J connectivity index is 3.12. The standard InChI is InChI=1S/C24H52N4O9/c1-3-29-6-7-31-10-11-33-14-15-35-18-19-37-21-20-36-17-16-34-13-12-32-9-8-30-5-4-28(26)23-24(25)22-27-2/h23,27H,3-22,25-26H2,1-2H3/b24-23-. The lowest BCUT2D eigenvalue weighted by atomic mass is 10.4. The van der Waals surface area contributed by atoms with Gasteiger partial charge in [0.1, 0.15) is 0 Å². The summed E-state index contributed by atoms with van der Waals surface area (Å²) in [5, 5.41) is 4.46. The average molecular weight is 541 g/mol. The topological polar surface area (TPSA) is 150 Å². The molecule has 13 nitrogen and oxygen atoms in total. The monoisotopic (exact) mass is 540 g/mol. The molecule has 0 spiro atoms. The van der Waals surface area contributed by atoms with Gasteiger partial charge in [-0.05, 0) is 14.0 Å². The molecule has 37 heavy (non-hydrogen) atoms. The minimum atomic E-state index is 0.495. The summed E-state index contributed by atoms with van der Waals surface area (Å²) in [5.41, 5.74) is 6.43. The Morgan fingerprint density at radius 1 is 0.568 bits per heavy atom. The van der Waals surface area contributed by atoms with Crippen molar-refractivity contribution in [3.8, 4) is 0 Å². The summed E-state index contributed by atoms with van der Waals surface area (Å²) in [4.78, 5) is 0. The van der Waals surface area contributed by atoms with Gasteiger partial charge >= 0.3 is 0 Å². The third-order valence-corrected chi connectivity index (χ3v) is 4.39. The third kappa shape index (κ3) is 31.0.